The van der Waals surface area contributed by atoms with Crippen molar-refractivity contribution >= 4 is 12.1 Å². The van der Waals surface area contributed by atoms with Gasteiger partial charge >= 0.3 is 12.1 Å². The summed E-state index contributed by atoms with van der Waals surface area (Å²) >= 11 is 0. The van der Waals surface area contributed by atoms with E-state index in [9.17, 15) is 9.59 Å². The number of ether oxygens (including phenoxy) is 1. The number of nitrogens with one attached hydrogen (secondary N) is 1. The van der Waals surface area contributed by atoms with E-state index in [0.717, 1.165) is 5.01 Å². The van der Waals surface area contributed by atoms with Gasteiger partial charge in [0, 0.05) is 12.7 Å². The van der Waals surface area contributed by atoms with E-state index < -0.39 is 23.6 Å². The number of nitrogens with zero attached hydrogens (tertiary/aromatic N) is 1. The Balaban J connectivity index is 2.37. The predicted octanol–water partition coefficient (Wildman–Crippen LogP) is 0.956. The number of hydrogen-bond acceptors (Lipinski definition) is 4. The Morgan fingerprint density at radius 2 is 2.06 bits per heavy atom. The van der Waals surface area contributed by atoms with Crippen molar-refractivity contribution in [3.63, 3.8) is 0 Å². The topological polar surface area (TPSA) is 78.9 Å². The van der Waals surface area contributed by atoms with Crippen molar-refractivity contribution in [2.45, 2.75) is 26.4 Å². The molecule has 0 aromatic heterocycles. The fourth-order valence-electron chi connectivity index (χ4n) is 1.01. The Labute approximate surface area is 93.8 Å². The lowest BCUT2D eigenvalue weighted by Gasteiger charge is -2.24. The van der Waals surface area contributed by atoms with Crippen LogP contribution in [0.25, 0.3) is 0 Å². The Bertz CT molecular complexity index is 343. The van der Waals surface area contributed by atoms with E-state index in [2.05, 4.69) is 5.43 Å². The van der Waals surface area contributed by atoms with Crippen molar-refractivity contribution in [2.75, 3.05) is 7.05 Å². The van der Waals surface area contributed by atoms with Gasteiger partial charge in [-0.1, -0.05) is 0 Å². The van der Waals surface area contributed by atoms with E-state index in [0.29, 0.717) is 5.70 Å². The van der Waals surface area contributed by atoms with Crippen molar-refractivity contribution in [2.24, 2.45) is 5.92 Å². The Morgan fingerprint density at radius 1 is 1.50 bits per heavy atom. The fraction of sp³-hybridized carbons (Fsp3) is 0.600. The van der Waals surface area contributed by atoms with Crippen LogP contribution in [0.2, 0.25) is 0 Å². The van der Waals surface area contributed by atoms with Gasteiger partial charge in [0.15, 0.2) is 0 Å². The second-order valence-electron chi connectivity index (χ2n) is 4.59. The number of carboxylic acids is 1. The molecule has 0 fully saturated rings. The molecule has 0 saturated heterocycles. The summed E-state index contributed by atoms with van der Waals surface area (Å²) in [7, 11) is 1.48. The van der Waals surface area contributed by atoms with Gasteiger partial charge in [0.2, 0.25) is 0 Å². The molecule has 2 N–H and O–H groups in total. The van der Waals surface area contributed by atoms with Gasteiger partial charge in [-0.05, 0) is 26.8 Å². The molecular formula is C10H16N2O4. The minimum Gasteiger partial charge on any atom is -0.481 e. The molecule has 1 aliphatic carbocycles. The van der Waals surface area contributed by atoms with Crippen LogP contribution in [-0.4, -0.2) is 34.8 Å². The van der Waals surface area contributed by atoms with E-state index in [1.807, 2.05) is 0 Å². The van der Waals surface area contributed by atoms with Gasteiger partial charge < -0.3 is 9.84 Å². The molecule has 0 heterocycles. The average molecular weight is 228 g/mol. The summed E-state index contributed by atoms with van der Waals surface area (Å²) in [6.45, 7) is 5.28. The Morgan fingerprint density at radius 3 is 2.44 bits per heavy atom. The van der Waals surface area contributed by atoms with E-state index >= 15 is 0 Å². The first-order chi connectivity index (χ1) is 7.20. The molecular weight excluding hydrogens is 212 g/mol. The van der Waals surface area contributed by atoms with E-state index in [4.69, 9.17) is 9.84 Å². The molecule has 1 unspecified atom stereocenters. The molecule has 1 amide bonds. The first-order valence-electron chi connectivity index (χ1n) is 4.88. The Hall–Kier alpha value is -1.72. The molecule has 0 aromatic carbocycles. The molecule has 0 bridgehead atoms. The number of rotatable bonds is 3. The third-order valence-electron chi connectivity index (χ3n) is 1.80. The third kappa shape index (κ3) is 3.45. The molecule has 1 rings (SSSR count). The molecule has 16 heavy (non-hydrogen) atoms. The van der Waals surface area contributed by atoms with Crippen molar-refractivity contribution in [1.29, 1.82) is 0 Å². The van der Waals surface area contributed by atoms with Crippen molar-refractivity contribution in [3.05, 3.63) is 11.8 Å². The smallest absolute Gasteiger partial charge is 0.428 e. The average Bonchev–Trinajstić information content (AvgIpc) is 2.80. The number of hydrogen-bond donors (Lipinski definition) is 2. The van der Waals surface area contributed by atoms with Crippen LogP contribution >= 0.6 is 0 Å². The summed E-state index contributed by atoms with van der Waals surface area (Å²) in [4.78, 5) is 22.0. The van der Waals surface area contributed by atoms with E-state index in [1.54, 1.807) is 20.8 Å². The molecule has 1 aliphatic rings. The standard InChI is InChI=1S/C10H16N2O4/c1-10(2,3)16-9(15)12(4)11-7-5-6(7)8(13)14/h5-6,11H,1-4H3,(H,13,14). The number of carbonyl (C=O) groups excluding carboxylic acids is 1. The van der Waals surface area contributed by atoms with Gasteiger partial charge in [0.25, 0.3) is 0 Å². The largest absolute Gasteiger partial charge is 0.481 e. The summed E-state index contributed by atoms with van der Waals surface area (Å²) in [6.07, 6.45) is 0.966. The second-order valence-corrected chi connectivity index (χ2v) is 4.59. The van der Waals surface area contributed by atoms with Gasteiger partial charge in [-0.2, -0.15) is 0 Å². The van der Waals surface area contributed by atoms with E-state index in [-0.39, 0.29) is 0 Å². The van der Waals surface area contributed by atoms with Crippen molar-refractivity contribution in [3.8, 4) is 0 Å². The maximum absolute atomic E-state index is 11.5. The first-order valence-corrected chi connectivity index (χ1v) is 4.88. The zero-order valence-electron chi connectivity index (χ0n) is 9.77. The third-order valence-corrected chi connectivity index (χ3v) is 1.80. The van der Waals surface area contributed by atoms with Crippen LogP contribution in [0.5, 0.6) is 0 Å². The summed E-state index contributed by atoms with van der Waals surface area (Å²) in [5.41, 5.74) is 2.58. The quantitative estimate of drug-likeness (QED) is 0.703. The summed E-state index contributed by atoms with van der Waals surface area (Å²) < 4.78 is 5.07. The van der Waals surface area contributed by atoms with Crippen molar-refractivity contribution < 1.29 is 19.4 Å². The molecule has 0 aromatic rings. The normalized spacial score (nSPS) is 18.5. The summed E-state index contributed by atoms with van der Waals surface area (Å²) in [5.74, 6) is -1.54. The minimum absolute atomic E-state index is 0.501. The van der Waals surface area contributed by atoms with Crippen LogP contribution in [0.15, 0.2) is 11.8 Å². The Kier molecular flexibility index (Phi) is 3.11. The molecule has 0 spiro atoms. The number of amides is 1. The molecule has 0 aliphatic heterocycles. The van der Waals surface area contributed by atoms with Gasteiger partial charge in [0.05, 0.1) is 0 Å². The van der Waals surface area contributed by atoms with Crippen molar-refractivity contribution in [1.82, 2.24) is 10.4 Å². The van der Waals surface area contributed by atoms with Crippen LogP contribution in [0.3, 0.4) is 0 Å². The van der Waals surface area contributed by atoms with Crippen LogP contribution in [0.1, 0.15) is 20.8 Å². The zero-order valence-corrected chi connectivity index (χ0v) is 9.77. The lowest BCUT2D eigenvalue weighted by atomic mass is 10.2. The highest BCUT2D eigenvalue weighted by Crippen LogP contribution is 2.26. The van der Waals surface area contributed by atoms with Crippen LogP contribution in [0, 0.1) is 5.92 Å². The number of aliphatic carboxylic acids is 1. The molecule has 90 valence electrons. The molecule has 0 saturated carbocycles. The summed E-state index contributed by atoms with van der Waals surface area (Å²) in [6, 6.07) is 0. The predicted molar refractivity (Wildman–Crippen MR) is 56.3 cm³/mol. The molecule has 0 radical (unpaired) electrons. The monoisotopic (exact) mass is 228 g/mol. The number of carboxylic acid groups (broad SMARTS) is 1. The first kappa shape index (κ1) is 12.4. The SMILES string of the molecule is CN(NC1=CC1C(=O)O)C(=O)OC(C)(C)C. The highest BCUT2D eigenvalue weighted by atomic mass is 16.6. The van der Waals surface area contributed by atoms with E-state index in [1.165, 1.54) is 13.1 Å². The van der Waals surface area contributed by atoms with Gasteiger partial charge in [-0.15, -0.1) is 0 Å². The lowest BCUT2D eigenvalue weighted by Crippen LogP contribution is -2.41. The molecule has 6 nitrogen and oxygen atoms in total. The fourth-order valence-corrected chi connectivity index (χ4v) is 1.01. The van der Waals surface area contributed by atoms with Crippen LogP contribution < -0.4 is 5.43 Å². The molecule has 1 atom stereocenters. The lowest BCUT2D eigenvalue weighted by molar-refractivity contribution is -0.138. The summed E-state index contributed by atoms with van der Waals surface area (Å²) in [5, 5.41) is 9.76. The van der Waals surface area contributed by atoms with Crippen LogP contribution in [-0.2, 0) is 9.53 Å². The van der Waals surface area contributed by atoms with Crippen LogP contribution in [0.4, 0.5) is 4.79 Å². The maximum atomic E-state index is 11.5. The maximum Gasteiger partial charge on any atom is 0.428 e. The number of carbonyl (C=O) groups is 2. The second kappa shape index (κ2) is 4.03. The highest BCUT2D eigenvalue weighted by Gasteiger charge is 2.34. The highest BCUT2D eigenvalue weighted by molar-refractivity contribution is 5.81. The molecule has 6 heteroatoms. The van der Waals surface area contributed by atoms with Gasteiger partial charge in [-0.3, -0.25) is 10.2 Å². The zero-order chi connectivity index (χ0) is 12.5. The minimum atomic E-state index is -0.930. The van der Waals surface area contributed by atoms with Gasteiger partial charge in [0.1, 0.15) is 11.5 Å². The van der Waals surface area contributed by atoms with Gasteiger partial charge in [-0.25, -0.2) is 9.80 Å². The number of hydrazine groups is 1.